The lowest BCUT2D eigenvalue weighted by Gasteiger charge is -2.07. The van der Waals surface area contributed by atoms with Crippen LogP contribution >= 0.6 is 11.8 Å². The number of methoxy groups -OCH3 is 1. The predicted molar refractivity (Wildman–Crippen MR) is 119 cm³/mol. The number of thioether (sulfide) groups is 1. The molecular formula is C21H20N6O3S. The molecule has 158 valence electrons. The molecule has 4 rings (SSSR count). The van der Waals surface area contributed by atoms with Crippen molar-refractivity contribution < 1.29 is 9.53 Å². The summed E-state index contributed by atoms with van der Waals surface area (Å²) >= 11 is 1.18. The lowest BCUT2D eigenvalue weighted by Crippen LogP contribution is -2.16. The number of carbonyl (C=O) groups excluding carboxylic acids is 1. The quantitative estimate of drug-likeness (QED) is 0.447. The van der Waals surface area contributed by atoms with Gasteiger partial charge in [0, 0.05) is 11.3 Å². The summed E-state index contributed by atoms with van der Waals surface area (Å²) in [6.45, 7) is 3.96. The van der Waals surface area contributed by atoms with E-state index in [9.17, 15) is 9.59 Å². The summed E-state index contributed by atoms with van der Waals surface area (Å²) in [6.07, 6.45) is 0. The minimum Gasteiger partial charge on any atom is -0.497 e. The molecule has 2 aromatic carbocycles. The fourth-order valence-corrected chi connectivity index (χ4v) is 3.82. The molecule has 2 N–H and O–H groups in total. The minimum absolute atomic E-state index is 0.118. The molecule has 10 heteroatoms. The van der Waals surface area contributed by atoms with Crippen molar-refractivity contribution >= 4 is 29.1 Å². The van der Waals surface area contributed by atoms with Crippen LogP contribution in [-0.2, 0) is 4.79 Å². The molecule has 9 nitrogen and oxygen atoms in total. The van der Waals surface area contributed by atoms with E-state index in [1.807, 2.05) is 32.0 Å². The van der Waals surface area contributed by atoms with E-state index in [0.29, 0.717) is 16.5 Å². The van der Waals surface area contributed by atoms with Gasteiger partial charge in [0.15, 0.2) is 5.69 Å². The van der Waals surface area contributed by atoms with Gasteiger partial charge in [0.2, 0.25) is 11.1 Å². The molecule has 0 saturated carbocycles. The van der Waals surface area contributed by atoms with Crippen LogP contribution in [0.25, 0.3) is 17.0 Å². The van der Waals surface area contributed by atoms with Crippen LogP contribution in [0.1, 0.15) is 11.1 Å². The first-order valence-electron chi connectivity index (χ1n) is 9.44. The average Bonchev–Trinajstić information content (AvgIpc) is 3.12. The smallest absolute Gasteiger partial charge is 0.279 e. The number of fused-ring (bicyclic) bond motifs is 1. The number of aryl methyl sites for hydroxylation is 2. The fraction of sp³-hybridized carbons (Fsp3) is 0.190. The van der Waals surface area contributed by atoms with Gasteiger partial charge in [-0.1, -0.05) is 17.8 Å². The number of rotatable bonds is 6. The Bertz CT molecular complexity index is 1290. The molecule has 0 saturated heterocycles. The van der Waals surface area contributed by atoms with E-state index in [2.05, 4.69) is 25.6 Å². The van der Waals surface area contributed by atoms with Gasteiger partial charge in [0.25, 0.3) is 11.3 Å². The second kappa shape index (κ2) is 8.60. The molecule has 2 aromatic heterocycles. The number of ether oxygens (including phenoxy) is 1. The monoisotopic (exact) mass is 436 g/mol. The molecule has 0 atom stereocenters. The van der Waals surface area contributed by atoms with Gasteiger partial charge in [-0.25, -0.2) is 0 Å². The van der Waals surface area contributed by atoms with Gasteiger partial charge in [0.05, 0.1) is 12.9 Å². The lowest BCUT2D eigenvalue weighted by atomic mass is 10.1. The first kappa shape index (κ1) is 20.6. The molecular weight excluding hydrogens is 416 g/mol. The van der Waals surface area contributed by atoms with Crippen LogP contribution in [0.5, 0.6) is 5.75 Å². The third-order valence-electron chi connectivity index (χ3n) is 4.45. The van der Waals surface area contributed by atoms with Crippen LogP contribution in [0.15, 0.2) is 52.4 Å². The summed E-state index contributed by atoms with van der Waals surface area (Å²) in [5.74, 6) is 0.828. The Labute approximate surface area is 181 Å². The van der Waals surface area contributed by atoms with Crippen molar-refractivity contribution in [2.75, 3.05) is 18.2 Å². The van der Waals surface area contributed by atoms with Crippen molar-refractivity contribution in [2.45, 2.75) is 19.0 Å². The van der Waals surface area contributed by atoms with Gasteiger partial charge in [-0.15, -0.1) is 10.2 Å². The molecule has 0 aliphatic rings. The Balaban J connectivity index is 1.54. The highest BCUT2D eigenvalue weighted by Gasteiger charge is 2.15. The number of amides is 1. The predicted octanol–water partition coefficient (Wildman–Crippen LogP) is 2.84. The number of nitrogens with zero attached hydrogens (tertiary/aromatic N) is 4. The van der Waals surface area contributed by atoms with Gasteiger partial charge >= 0.3 is 0 Å². The topological polar surface area (TPSA) is 114 Å². The Morgan fingerprint density at radius 3 is 2.52 bits per heavy atom. The van der Waals surface area contributed by atoms with Gasteiger partial charge in [-0.2, -0.15) is 9.61 Å². The van der Waals surface area contributed by atoms with E-state index < -0.39 is 0 Å². The Morgan fingerprint density at radius 1 is 1.13 bits per heavy atom. The van der Waals surface area contributed by atoms with Crippen molar-refractivity contribution in [3.05, 3.63) is 63.9 Å². The summed E-state index contributed by atoms with van der Waals surface area (Å²) in [6, 6.07) is 12.9. The zero-order valence-electron chi connectivity index (χ0n) is 17.2. The minimum atomic E-state index is -0.380. The highest BCUT2D eigenvalue weighted by atomic mass is 32.2. The molecule has 4 aromatic rings. The van der Waals surface area contributed by atoms with Crippen LogP contribution < -0.4 is 15.6 Å². The molecule has 0 radical (unpaired) electrons. The number of aromatic amines is 1. The largest absolute Gasteiger partial charge is 0.497 e. The van der Waals surface area contributed by atoms with Crippen LogP contribution in [0.2, 0.25) is 0 Å². The number of hydrogen-bond donors (Lipinski definition) is 2. The average molecular weight is 436 g/mol. The maximum Gasteiger partial charge on any atom is 0.279 e. The van der Waals surface area contributed by atoms with E-state index in [0.717, 1.165) is 16.8 Å². The standard InChI is InChI=1S/C21H20N6O3S/c1-12-8-13(2)10-15(9-12)22-17(28)11-31-21-25-24-20-23-19(29)18(26-27(20)21)14-4-6-16(30-3)7-5-14/h4-10H,11H2,1-3H3,(H,22,28)(H,23,24,29). The SMILES string of the molecule is COc1ccc(-c2nn3c(SCC(=O)Nc4cc(C)cc(C)c4)nnc3[nH]c2=O)cc1. The third-order valence-corrected chi connectivity index (χ3v) is 5.37. The summed E-state index contributed by atoms with van der Waals surface area (Å²) in [7, 11) is 1.57. The summed E-state index contributed by atoms with van der Waals surface area (Å²) in [4.78, 5) is 27.5. The highest BCUT2D eigenvalue weighted by Crippen LogP contribution is 2.20. The lowest BCUT2D eigenvalue weighted by molar-refractivity contribution is -0.113. The summed E-state index contributed by atoms with van der Waals surface area (Å²) in [5.41, 5.74) is 3.36. The number of carbonyl (C=O) groups is 1. The summed E-state index contributed by atoms with van der Waals surface area (Å²) < 4.78 is 6.58. The number of nitrogens with one attached hydrogen (secondary N) is 2. The Morgan fingerprint density at radius 2 is 1.84 bits per heavy atom. The van der Waals surface area contributed by atoms with Crippen molar-refractivity contribution in [3.8, 4) is 17.0 Å². The van der Waals surface area contributed by atoms with Crippen LogP contribution in [-0.4, -0.2) is 43.6 Å². The molecule has 0 fully saturated rings. The van der Waals surface area contributed by atoms with Crippen LogP contribution in [0.3, 0.4) is 0 Å². The van der Waals surface area contributed by atoms with E-state index in [1.54, 1.807) is 31.4 Å². The first-order valence-corrected chi connectivity index (χ1v) is 10.4. The van der Waals surface area contributed by atoms with Crippen molar-refractivity contribution in [1.29, 1.82) is 0 Å². The number of anilines is 1. The number of hydrogen-bond acceptors (Lipinski definition) is 7. The van der Waals surface area contributed by atoms with Crippen LogP contribution in [0.4, 0.5) is 5.69 Å². The highest BCUT2D eigenvalue weighted by molar-refractivity contribution is 7.99. The fourth-order valence-electron chi connectivity index (χ4n) is 3.14. The third kappa shape index (κ3) is 4.58. The first-order chi connectivity index (χ1) is 14.9. The Hall–Kier alpha value is -3.66. The zero-order valence-corrected chi connectivity index (χ0v) is 18.0. The van der Waals surface area contributed by atoms with E-state index in [-0.39, 0.29) is 28.7 Å². The van der Waals surface area contributed by atoms with E-state index in [1.165, 1.54) is 16.3 Å². The molecule has 0 aliphatic carbocycles. The Kier molecular flexibility index (Phi) is 5.72. The van der Waals surface area contributed by atoms with E-state index in [4.69, 9.17) is 4.74 Å². The molecule has 1 amide bonds. The molecule has 0 spiro atoms. The second-order valence-electron chi connectivity index (χ2n) is 6.96. The molecule has 0 aliphatic heterocycles. The van der Waals surface area contributed by atoms with Gasteiger partial charge in [-0.05, 0) is 61.4 Å². The van der Waals surface area contributed by atoms with Gasteiger partial charge in [0.1, 0.15) is 5.75 Å². The molecule has 0 bridgehead atoms. The molecule has 31 heavy (non-hydrogen) atoms. The van der Waals surface area contributed by atoms with Crippen LogP contribution in [0, 0.1) is 13.8 Å². The van der Waals surface area contributed by atoms with Crippen molar-refractivity contribution in [3.63, 3.8) is 0 Å². The second-order valence-corrected chi connectivity index (χ2v) is 7.90. The number of benzene rings is 2. The maximum absolute atomic E-state index is 12.4. The van der Waals surface area contributed by atoms with Gasteiger partial charge in [-0.3, -0.25) is 14.6 Å². The normalized spacial score (nSPS) is 10.9. The van der Waals surface area contributed by atoms with Gasteiger partial charge < -0.3 is 10.1 Å². The number of aromatic nitrogens is 5. The maximum atomic E-state index is 12.4. The summed E-state index contributed by atoms with van der Waals surface area (Å²) in [5, 5.41) is 15.7. The zero-order chi connectivity index (χ0) is 22.0. The van der Waals surface area contributed by atoms with Crippen molar-refractivity contribution in [1.82, 2.24) is 24.8 Å². The molecule has 0 unspecified atom stereocenters. The molecule has 2 heterocycles. The number of H-pyrrole nitrogens is 1. The van der Waals surface area contributed by atoms with E-state index >= 15 is 0 Å². The van der Waals surface area contributed by atoms with Crippen molar-refractivity contribution in [2.24, 2.45) is 0 Å².